The fraction of sp³-hybridized carbons (Fsp3) is 0.385. The van der Waals surface area contributed by atoms with Crippen LogP contribution < -0.4 is 4.90 Å². The van der Waals surface area contributed by atoms with Crippen molar-refractivity contribution in [1.29, 1.82) is 5.26 Å². The molecule has 3 nitrogen and oxygen atoms in total. The van der Waals surface area contributed by atoms with Gasteiger partial charge in [-0.25, -0.2) is 0 Å². The zero-order valence-corrected chi connectivity index (χ0v) is 10.7. The second-order valence-corrected chi connectivity index (χ2v) is 4.27. The smallest absolute Gasteiger partial charge is 0.153 e. The maximum absolute atomic E-state index is 11.0. The summed E-state index contributed by atoms with van der Waals surface area (Å²) in [6.45, 7) is 5.16. The van der Waals surface area contributed by atoms with Gasteiger partial charge in [0.05, 0.1) is 22.6 Å². The second-order valence-electron chi connectivity index (χ2n) is 3.86. The highest BCUT2D eigenvalue weighted by Crippen LogP contribution is 2.26. The Labute approximate surface area is 107 Å². The van der Waals surface area contributed by atoms with Crippen LogP contribution in [0.5, 0.6) is 0 Å². The van der Waals surface area contributed by atoms with E-state index in [1.54, 1.807) is 6.07 Å². The molecule has 1 rings (SSSR count). The lowest BCUT2D eigenvalue weighted by Crippen LogP contribution is -2.28. The number of nitriles is 1. The maximum atomic E-state index is 11.0. The van der Waals surface area contributed by atoms with Crippen LogP contribution in [0.1, 0.15) is 24.2 Å². The van der Waals surface area contributed by atoms with Gasteiger partial charge in [0.2, 0.25) is 0 Å². The third-order valence-electron chi connectivity index (χ3n) is 2.58. The summed E-state index contributed by atoms with van der Waals surface area (Å²) < 4.78 is 0. The summed E-state index contributed by atoms with van der Waals surface area (Å²) in [6, 6.07) is 7.54. The average molecular weight is 251 g/mol. The molecule has 0 radical (unpaired) electrons. The molecule has 0 aliphatic heterocycles. The molecular formula is C13H15ClN2O. The third-order valence-corrected chi connectivity index (χ3v) is 2.91. The van der Waals surface area contributed by atoms with Crippen LogP contribution in [0.2, 0.25) is 5.02 Å². The van der Waals surface area contributed by atoms with Gasteiger partial charge in [-0.3, -0.25) is 4.79 Å². The van der Waals surface area contributed by atoms with Gasteiger partial charge in [-0.15, -0.1) is 0 Å². The van der Waals surface area contributed by atoms with E-state index in [-0.39, 0.29) is 5.92 Å². The molecule has 0 spiro atoms. The zero-order chi connectivity index (χ0) is 12.8. The van der Waals surface area contributed by atoms with Crippen molar-refractivity contribution in [2.75, 3.05) is 18.0 Å². The summed E-state index contributed by atoms with van der Waals surface area (Å²) in [4.78, 5) is 13.0. The second kappa shape index (κ2) is 6.27. The molecule has 0 N–H and O–H groups in total. The number of hydrogen-bond donors (Lipinski definition) is 0. The van der Waals surface area contributed by atoms with Gasteiger partial charge in [-0.2, -0.15) is 5.26 Å². The number of hydrogen-bond acceptors (Lipinski definition) is 3. The first-order chi connectivity index (χ1) is 8.13. The molecule has 1 aromatic carbocycles. The lowest BCUT2D eigenvalue weighted by atomic mass is 10.1. The van der Waals surface area contributed by atoms with Crippen molar-refractivity contribution in [2.24, 2.45) is 5.92 Å². The Kier molecular flexibility index (Phi) is 4.99. The van der Waals surface area contributed by atoms with Gasteiger partial charge in [0, 0.05) is 18.8 Å². The predicted octanol–water partition coefficient (Wildman–Crippen LogP) is 3.14. The van der Waals surface area contributed by atoms with Gasteiger partial charge in [0.1, 0.15) is 0 Å². The minimum Gasteiger partial charge on any atom is -0.370 e. The Morgan fingerprint density at radius 2 is 2.29 bits per heavy atom. The molecule has 0 heterocycles. The summed E-state index contributed by atoms with van der Waals surface area (Å²) >= 11 is 5.98. The molecule has 0 fully saturated rings. The molecule has 0 saturated carbocycles. The van der Waals surface area contributed by atoms with Crippen molar-refractivity contribution in [2.45, 2.75) is 13.8 Å². The largest absolute Gasteiger partial charge is 0.370 e. The van der Waals surface area contributed by atoms with E-state index in [4.69, 9.17) is 16.9 Å². The van der Waals surface area contributed by atoms with E-state index >= 15 is 0 Å². The molecule has 1 atom stereocenters. The van der Waals surface area contributed by atoms with Crippen LogP contribution in [0, 0.1) is 17.2 Å². The normalized spacial score (nSPS) is 11.6. The van der Waals surface area contributed by atoms with E-state index in [1.165, 1.54) is 0 Å². The molecule has 1 unspecified atom stereocenters. The molecular weight excluding hydrogens is 236 g/mol. The SMILES string of the molecule is CCN(CC(C)C#N)c1cccc(Cl)c1C=O. The van der Waals surface area contributed by atoms with Crippen molar-refractivity contribution in [1.82, 2.24) is 0 Å². The number of halogens is 1. The van der Waals surface area contributed by atoms with Crippen molar-refractivity contribution in [3.63, 3.8) is 0 Å². The number of aldehydes is 1. The summed E-state index contributed by atoms with van der Waals surface area (Å²) in [5.41, 5.74) is 1.28. The first-order valence-electron chi connectivity index (χ1n) is 5.52. The van der Waals surface area contributed by atoms with Crippen molar-refractivity contribution in [3.8, 4) is 6.07 Å². The maximum Gasteiger partial charge on any atom is 0.153 e. The number of benzene rings is 1. The quantitative estimate of drug-likeness (QED) is 0.754. The molecule has 0 aliphatic rings. The van der Waals surface area contributed by atoms with Crippen LogP contribution in [0.3, 0.4) is 0 Å². The Hall–Kier alpha value is -1.53. The van der Waals surface area contributed by atoms with E-state index in [0.717, 1.165) is 18.5 Å². The molecule has 0 saturated heterocycles. The van der Waals surface area contributed by atoms with Gasteiger partial charge in [0.25, 0.3) is 0 Å². The van der Waals surface area contributed by atoms with Gasteiger partial charge in [0.15, 0.2) is 6.29 Å². The molecule has 4 heteroatoms. The van der Waals surface area contributed by atoms with E-state index in [2.05, 4.69) is 6.07 Å². The predicted molar refractivity (Wildman–Crippen MR) is 69.5 cm³/mol. The van der Waals surface area contributed by atoms with Gasteiger partial charge in [-0.1, -0.05) is 17.7 Å². The van der Waals surface area contributed by atoms with E-state index in [0.29, 0.717) is 17.1 Å². The summed E-state index contributed by atoms with van der Waals surface area (Å²) in [7, 11) is 0. The summed E-state index contributed by atoms with van der Waals surface area (Å²) in [5, 5.41) is 9.28. The van der Waals surface area contributed by atoms with Crippen LogP contribution in [-0.4, -0.2) is 19.4 Å². The first-order valence-corrected chi connectivity index (χ1v) is 5.90. The van der Waals surface area contributed by atoms with Crippen LogP contribution in [-0.2, 0) is 0 Å². The van der Waals surface area contributed by atoms with Crippen LogP contribution in [0.25, 0.3) is 0 Å². The number of nitrogens with zero attached hydrogens (tertiary/aromatic N) is 2. The number of carbonyl (C=O) groups excluding carboxylic acids is 1. The Morgan fingerprint density at radius 1 is 1.59 bits per heavy atom. The van der Waals surface area contributed by atoms with Gasteiger partial charge in [-0.05, 0) is 26.0 Å². The highest BCUT2D eigenvalue weighted by Gasteiger charge is 2.14. The molecule has 17 heavy (non-hydrogen) atoms. The first kappa shape index (κ1) is 13.5. The fourth-order valence-electron chi connectivity index (χ4n) is 1.69. The number of rotatable bonds is 5. The zero-order valence-electron chi connectivity index (χ0n) is 9.98. The van der Waals surface area contributed by atoms with Crippen molar-refractivity contribution < 1.29 is 4.79 Å². The van der Waals surface area contributed by atoms with E-state index in [1.807, 2.05) is 30.9 Å². The average Bonchev–Trinajstić information content (AvgIpc) is 2.35. The summed E-state index contributed by atoms with van der Waals surface area (Å²) in [5.74, 6) is -0.0894. The number of carbonyl (C=O) groups is 1. The molecule has 0 aliphatic carbocycles. The van der Waals surface area contributed by atoms with Crippen LogP contribution in [0.15, 0.2) is 18.2 Å². The molecule has 0 aromatic heterocycles. The summed E-state index contributed by atoms with van der Waals surface area (Å²) in [6.07, 6.45) is 0.761. The standard InChI is InChI=1S/C13H15ClN2O/c1-3-16(8-10(2)7-15)13-6-4-5-12(14)11(13)9-17/h4-6,9-10H,3,8H2,1-2H3. The molecule has 90 valence electrons. The van der Waals surface area contributed by atoms with Crippen LogP contribution >= 0.6 is 11.6 Å². The molecule has 0 amide bonds. The van der Waals surface area contributed by atoms with E-state index < -0.39 is 0 Å². The lowest BCUT2D eigenvalue weighted by Gasteiger charge is -2.25. The minimum absolute atomic E-state index is 0.0894. The van der Waals surface area contributed by atoms with E-state index in [9.17, 15) is 4.79 Å². The van der Waals surface area contributed by atoms with Crippen LogP contribution in [0.4, 0.5) is 5.69 Å². The highest BCUT2D eigenvalue weighted by atomic mass is 35.5. The fourth-order valence-corrected chi connectivity index (χ4v) is 1.90. The van der Waals surface area contributed by atoms with Crippen molar-refractivity contribution in [3.05, 3.63) is 28.8 Å². The molecule has 1 aromatic rings. The monoisotopic (exact) mass is 250 g/mol. The lowest BCUT2D eigenvalue weighted by molar-refractivity contribution is 0.112. The Morgan fingerprint density at radius 3 is 2.82 bits per heavy atom. The third kappa shape index (κ3) is 3.21. The van der Waals surface area contributed by atoms with Gasteiger partial charge >= 0.3 is 0 Å². The highest BCUT2D eigenvalue weighted by molar-refractivity contribution is 6.33. The minimum atomic E-state index is -0.0894. The Bertz CT molecular complexity index is 440. The molecule has 0 bridgehead atoms. The van der Waals surface area contributed by atoms with Gasteiger partial charge < -0.3 is 4.90 Å². The Balaban J connectivity index is 3.08. The topological polar surface area (TPSA) is 44.1 Å². The van der Waals surface area contributed by atoms with Crippen molar-refractivity contribution >= 4 is 23.6 Å². The number of anilines is 1.